The van der Waals surface area contributed by atoms with E-state index in [0.717, 1.165) is 6.42 Å². The number of imidazole rings is 1. The van der Waals surface area contributed by atoms with E-state index in [1.54, 1.807) is 10.9 Å². The Kier molecular flexibility index (Phi) is 4.55. The standard InChI is InChI=1S/C17H14Cl2N2O2/c18-16-17(19)21(10-15(22)23)11-20(16)8-7-12-5-6-13-3-1-2-4-14(13)9-12/h1-6,9,11H,7-8,10H2/p+1. The molecule has 0 saturated heterocycles. The van der Waals surface area contributed by atoms with E-state index in [1.807, 2.05) is 12.1 Å². The highest BCUT2D eigenvalue weighted by Gasteiger charge is 2.21. The lowest BCUT2D eigenvalue weighted by atomic mass is 10.1. The van der Waals surface area contributed by atoms with Crippen LogP contribution in [0.25, 0.3) is 10.8 Å². The maximum Gasteiger partial charge on any atom is 0.346 e. The van der Waals surface area contributed by atoms with E-state index in [2.05, 4.69) is 30.3 Å². The molecule has 23 heavy (non-hydrogen) atoms. The summed E-state index contributed by atoms with van der Waals surface area (Å²) in [5.74, 6) is -0.958. The SMILES string of the molecule is O=C(O)C[n+]1cn(CCc2ccc3ccccc3c2)c(Cl)c1Cl. The topological polar surface area (TPSA) is 46.1 Å². The summed E-state index contributed by atoms with van der Waals surface area (Å²) in [7, 11) is 0. The van der Waals surface area contributed by atoms with Crippen LogP contribution in [0.5, 0.6) is 0 Å². The van der Waals surface area contributed by atoms with Crippen molar-refractivity contribution >= 4 is 39.9 Å². The van der Waals surface area contributed by atoms with Gasteiger partial charge in [0, 0.05) is 6.42 Å². The van der Waals surface area contributed by atoms with E-state index in [4.69, 9.17) is 28.3 Å². The molecule has 1 heterocycles. The number of carboxylic acids is 1. The van der Waals surface area contributed by atoms with Crippen molar-refractivity contribution in [1.29, 1.82) is 0 Å². The van der Waals surface area contributed by atoms with Gasteiger partial charge in [-0.2, -0.15) is 0 Å². The number of carbonyl (C=O) groups is 1. The summed E-state index contributed by atoms with van der Waals surface area (Å²) in [4.78, 5) is 10.8. The largest absolute Gasteiger partial charge is 0.478 e. The first-order valence-electron chi connectivity index (χ1n) is 7.17. The van der Waals surface area contributed by atoms with E-state index < -0.39 is 5.97 Å². The summed E-state index contributed by atoms with van der Waals surface area (Å²) >= 11 is 12.2. The first-order chi connectivity index (χ1) is 11.0. The normalized spacial score (nSPS) is 11.0. The highest BCUT2D eigenvalue weighted by atomic mass is 35.5. The van der Waals surface area contributed by atoms with Crippen LogP contribution in [0.2, 0.25) is 10.3 Å². The molecule has 1 aromatic heterocycles. The van der Waals surface area contributed by atoms with Crippen molar-refractivity contribution in [2.45, 2.75) is 19.5 Å². The van der Waals surface area contributed by atoms with Crippen molar-refractivity contribution in [1.82, 2.24) is 4.57 Å². The molecule has 6 heteroatoms. The number of rotatable bonds is 5. The Morgan fingerprint density at radius 3 is 2.61 bits per heavy atom. The van der Waals surface area contributed by atoms with Gasteiger partial charge in [0.25, 0.3) is 10.3 Å². The van der Waals surface area contributed by atoms with E-state index in [0.29, 0.717) is 11.7 Å². The number of hydrogen-bond acceptors (Lipinski definition) is 1. The van der Waals surface area contributed by atoms with Crippen molar-refractivity contribution in [3.63, 3.8) is 0 Å². The molecular formula is C17H15Cl2N2O2+. The molecule has 0 bridgehead atoms. The molecule has 2 aromatic carbocycles. The predicted molar refractivity (Wildman–Crippen MR) is 89.9 cm³/mol. The lowest BCUT2D eigenvalue weighted by molar-refractivity contribution is -0.683. The number of fused-ring (bicyclic) bond motifs is 1. The molecular weight excluding hydrogens is 335 g/mol. The van der Waals surface area contributed by atoms with Crippen LogP contribution in [0, 0.1) is 0 Å². The maximum absolute atomic E-state index is 10.8. The fourth-order valence-corrected chi connectivity index (χ4v) is 3.01. The van der Waals surface area contributed by atoms with Gasteiger partial charge in [0.05, 0.1) is 6.54 Å². The number of hydrogen-bond donors (Lipinski definition) is 1. The van der Waals surface area contributed by atoms with Crippen LogP contribution in [-0.2, 0) is 24.3 Å². The van der Waals surface area contributed by atoms with E-state index >= 15 is 0 Å². The number of carboxylic acid groups (broad SMARTS) is 1. The third-order valence-electron chi connectivity index (χ3n) is 3.71. The van der Waals surface area contributed by atoms with Crippen LogP contribution in [-0.4, -0.2) is 15.6 Å². The molecule has 0 fully saturated rings. The third-order valence-corrected chi connectivity index (χ3v) is 4.60. The first-order valence-corrected chi connectivity index (χ1v) is 7.93. The Morgan fingerprint density at radius 1 is 1.13 bits per heavy atom. The zero-order valence-corrected chi connectivity index (χ0v) is 13.8. The number of halogens is 2. The van der Waals surface area contributed by atoms with Crippen molar-refractivity contribution in [2.75, 3.05) is 0 Å². The Balaban J connectivity index is 1.78. The summed E-state index contributed by atoms with van der Waals surface area (Å²) in [5.41, 5.74) is 1.19. The fourth-order valence-electron chi connectivity index (χ4n) is 2.56. The summed E-state index contributed by atoms with van der Waals surface area (Å²) in [6, 6.07) is 14.5. The van der Waals surface area contributed by atoms with Crippen molar-refractivity contribution in [3.05, 3.63) is 64.7 Å². The van der Waals surface area contributed by atoms with Gasteiger partial charge in [-0.1, -0.05) is 42.5 Å². The van der Waals surface area contributed by atoms with Gasteiger partial charge in [-0.05, 0) is 39.5 Å². The Hall–Kier alpha value is -2.04. The lowest BCUT2D eigenvalue weighted by Gasteiger charge is -2.03. The molecule has 0 spiro atoms. The summed E-state index contributed by atoms with van der Waals surface area (Å²) < 4.78 is 3.19. The van der Waals surface area contributed by atoms with Crippen LogP contribution in [0.15, 0.2) is 48.8 Å². The minimum atomic E-state index is -0.958. The molecule has 3 aromatic rings. The number of nitrogens with zero attached hydrogens (tertiary/aromatic N) is 2. The van der Waals surface area contributed by atoms with Gasteiger partial charge < -0.3 is 5.11 Å². The molecule has 0 saturated carbocycles. The molecule has 0 aliphatic carbocycles. The summed E-state index contributed by atoms with van der Waals surface area (Å²) in [6.45, 7) is 0.422. The van der Waals surface area contributed by atoms with Crippen LogP contribution in [0.3, 0.4) is 0 Å². The fraction of sp³-hybridized carbons (Fsp3) is 0.176. The van der Waals surface area contributed by atoms with E-state index in [9.17, 15) is 4.79 Å². The molecule has 0 aliphatic rings. The van der Waals surface area contributed by atoms with Crippen molar-refractivity contribution in [3.8, 4) is 0 Å². The number of benzene rings is 2. The molecule has 0 aliphatic heterocycles. The van der Waals surface area contributed by atoms with Gasteiger partial charge in [0.15, 0.2) is 6.54 Å². The van der Waals surface area contributed by atoms with Gasteiger partial charge in [-0.15, -0.1) is 0 Å². The molecule has 0 amide bonds. The predicted octanol–water partition coefficient (Wildman–Crippen LogP) is 3.56. The number of aryl methyl sites for hydroxylation is 2. The second kappa shape index (κ2) is 6.60. The van der Waals surface area contributed by atoms with Crippen LogP contribution < -0.4 is 4.57 Å². The number of aromatic nitrogens is 2. The average molecular weight is 350 g/mol. The zero-order valence-electron chi connectivity index (χ0n) is 12.2. The highest BCUT2D eigenvalue weighted by Crippen LogP contribution is 2.20. The molecule has 0 unspecified atom stereocenters. The zero-order chi connectivity index (χ0) is 16.4. The second-order valence-corrected chi connectivity index (χ2v) is 6.06. The molecule has 0 atom stereocenters. The summed E-state index contributed by atoms with van der Waals surface area (Å²) in [6.07, 6.45) is 2.42. The van der Waals surface area contributed by atoms with Gasteiger partial charge >= 0.3 is 5.97 Å². The molecule has 4 nitrogen and oxygen atoms in total. The molecule has 1 N–H and O–H groups in total. The van der Waals surface area contributed by atoms with Gasteiger partial charge in [0.2, 0.25) is 6.33 Å². The lowest BCUT2D eigenvalue weighted by Crippen LogP contribution is -2.37. The Morgan fingerprint density at radius 2 is 1.87 bits per heavy atom. The minimum absolute atomic E-state index is 0.207. The minimum Gasteiger partial charge on any atom is -0.478 e. The van der Waals surface area contributed by atoms with Crippen molar-refractivity contribution in [2.24, 2.45) is 0 Å². The third kappa shape index (κ3) is 3.49. The van der Waals surface area contributed by atoms with Gasteiger partial charge in [-0.3, -0.25) is 0 Å². The van der Waals surface area contributed by atoms with Gasteiger partial charge in [0.1, 0.15) is 0 Å². The van der Waals surface area contributed by atoms with E-state index in [1.165, 1.54) is 20.9 Å². The first kappa shape index (κ1) is 15.8. The van der Waals surface area contributed by atoms with Crippen LogP contribution >= 0.6 is 23.2 Å². The highest BCUT2D eigenvalue weighted by molar-refractivity contribution is 6.39. The quantitative estimate of drug-likeness (QED) is 0.715. The maximum atomic E-state index is 10.8. The molecule has 3 rings (SSSR count). The monoisotopic (exact) mass is 349 g/mol. The molecule has 118 valence electrons. The average Bonchev–Trinajstić information content (AvgIpc) is 2.80. The van der Waals surface area contributed by atoms with E-state index in [-0.39, 0.29) is 11.7 Å². The van der Waals surface area contributed by atoms with Crippen LogP contribution in [0.1, 0.15) is 5.56 Å². The van der Waals surface area contributed by atoms with Crippen molar-refractivity contribution < 1.29 is 14.5 Å². The van der Waals surface area contributed by atoms with Gasteiger partial charge in [-0.25, -0.2) is 13.9 Å². The van der Waals surface area contributed by atoms with Crippen LogP contribution in [0.4, 0.5) is 0 Å². The Bertz CT molecular complexity index is 874. The summed E-state index contributed by atoms with van der Waals surface area (Å²) in [5, 5.41) is 11.9. The second-order valence-electron chi connectivity index (χ2n) is 5.34. The smallest absolute Gasteiger partial charge is 0.346 e. The Labute approximate surface area is 143 Å². The number of aliphatic carboxylic acids is 1. The molecule has 0 radical (unpaired) electrons.